The second-order valence-corrected chi connectivity index (χ2v) is 21.5. The zero-order chi connectivity index (χ0) is 20.2. The van der Waals surface area contributed by atoms with Crippen LogP contribution in [-0.2, 0) is 20.3 Å². The Morgan fingerprint density at radius 1 is 0.581 bits per heavy atom. The first kappa shape index (κ1) is 25.0. The summed E-state index contributed by atoms with van der Waals surface area (Å²) in [5, 5.41) is 0. The molecule has 2 aliphatic carbocycles. The molecule has 2 aromatic carbocycles. The van der Waals surface area contributed by atoms with Crippen LogP contribution < -0.4 is 24.8 Å². The van der Waals surface area contributed by atoms with E-state index in [0.29, 0.717) is 0 Å². The minimum atomic E-state index is -2.65. The average Bonchev–Trinajstić information content (AvgIpc) is 3.30. The van der Waals surface area contributed by atoms with Crippen LogP contribution in [0.2, 0.25) is 8.26 Å². The van der Waals surface area contributed by atoms with Gasteiger partial charge in [-0.2, -0.15) is 0 Å². The van der Waals surface area contributed by atoms with Crippen LogP contribution >= 0.6 is 0 Å². The molecular formula is C28H34Cl2Zr. The molecule has 0 N–H and O–H groups in total. The Hall–Kier alpha value is -0.617. The molecule has 1 heterocycles. The number of rotatable bonds is 2. The van der Waals surface area contributed by atoms with Crippen LogP contribution in [0.1, 0.15) is 77.4 Å². The fraction of sp³-hybridized carbons (Fsp3) is 0.429. The summed E-state index contributed by atoms with van der Waals surface area (Å²) in [6.07, 6.45) is 16.2. The van der Waals surface area contributed by atoms with E-state index in [1.165, 1.54) is 47.9 Å². The minimum absolute atomic E-state index is 0. The van der Waals surface area contributed by atoms with Gasteiger partial charge in [-0.15, -0.1) is 0 Å². The first-order chi connectivity index (χ1) is 14.0. The van der Waals surface area contributed by atoms with Crippen LogP contribution in [-0.4, -0.2) is 0 Å². The van der Waals surface area contributed by atoms with Crippen molar-refractivity contribution in [1.82, 2.24) is 0 Å². The molecule has 3 aliphatic rings. The van der Waals surface area contributed by atoms with Gasteiger partial charge in [-0.3, -0.25) is 0 Å². The van der Waals surface area contributed by atoms with E-state index < -0.39 is 20.3 Å². The van der Waals surface area contributed by atoms with E-state index in [-0.39, 0.29) is 24.8 Å². The standard InChI is InChI=1S/2C11H11.C6H12.2ClH.Zr/c2*1-8-6-7-9(2)11-5-3-4-10(8)11;1-3-5-6-4-2;;;/h2*3-7H,1-2H3;1-6H2;2*1H;/q;;;;;+2/p-2. The maximum atomic E-state index is 2.67. The van der Waals surface area contributed by atoms with Gasteiger partial charge in [-0.25, -0.2) is 0 Å². The van der Waals surface area contributed by atoms with Gasteiger partial charge in [-0.05, 0) is 0 Å². The maximum Gasteiger partial charge on any atom is -1.00 e. The fourth-order valence-electron chi connectivity index (χ4n) is 6.71. The third kappa shape index (κ3) is 3.98. The zero-order valence-corrected chi connectivity index (χ0v) is 23.2. The topological polar surface area (TPSA) is 0 Å². The van der Waals surface area contributed by atoms with Gasteiger partial charge >= 0.3 is 182 Å². The molecule has 0 nitrogen and oxygen atoms in total. The molecule has 31 heavy (non-hydrogen) atoms. The van der Waals surface area contributed by atoms with Crippen molar-refractivity contribution in [3.8, 4) is 0 Å². The Morgan fingerprint density at radius 2 is 0.968 bits per heavy atom. The number of halogens is 2. The predicted octanol–water partition coefficient (Wildman–Crippen LogP) is 2.33. The van der Waals surface area contributed by atoms with Crippen molar-refractivity contribution in [3.05, 3.63) is 80.9 Å². The SMILES string of the molecule is Cc1ccc(C)c2c1C=C[CH]2[Zr+2]1([CH]2C=Cc3c(C)ccc(C)c32)[CH2]CCCC[CH2]1.[Cl-].[Cl-]. The van der Waals surface area contributed by atoms with Crippen molar-refractivity contribution in [3.63, 3.8) is 0 Å². The van der Waals surface area contributed by atoms with Gasteiger partial charge in [0.25, 0.3) is 0 Å². The molecule has 2 unspecified atom stereocenters. The number of fused-ring (bicyclic) bond motifs is 2. The van der Waals surface area contributed by atoms with Gasteiger partial charge in [0.2, 0.25) is 0 Å². The van der Waals surface area contributed by atoms with E-state index in [1.807, 2.05) is 0 Å². The molecule has 0 spiro atoms. The molecule has 1 fully saturated rings. The van der Waals surface area contributed by atoms with Crippen LogP contribution in [0.15, 0.2) is 36.4 Å². The van der Waals surface area contributed by atoms with Gasteiger partial charge in [0.1, 0.15) is 0 Å². The summed E-state index contributed by atoms with van der Waals surface area (Å²) < 4.78 is 4.60. The molecular weight excluding hydrogens is 498 g/mol. The van der Waals surface area contributed by atoms with E-state index in [9.17, 15) is 0 Å². The Kier molecular flexibility index (Phi) is 7.83. The molecule has 1 saturated heterocycles. The molecule has 2 atom stereocenters. The molecule has 0 bridgehead atoms. The minimum Gasteiger partial charge on any atom is -1.00 e. The predicted molar refractivity (Wildman–Crippen MR) is 123 cm³/mol. The summed E-state index contributed by atoms with van der Waals surface area (Å²) in [5.74, 6) is 0. The molecule has 0 amide bonds. The molecule has 164 valence electrons. The zero-order valence-electron chi connectivity index (χ0n) is 19.3. The third-order valence-corrected chi connectivity index (χ3v) is 23.0. The van der Waals surface area contributed by atoms with Crippen molar-refractivity contribution < 1.29 is 45.1 Å². The number of aryl methyl sites for hydroxylation is 4. The number of benzene rings is 2. The monoisotopic (exact) mass is 530 g/mol. The maximum absolute atomic E-state index is 2.67. The van der Waals surface area contributed by atoms with Crippen molar-refractivity contribution in [2.24, 2.45) is 0 Å². The summed E-state index contributed by atoms with van der Waals surface area (Å²) >= 11 is -2.65. The molecule has 5 rings (SSSR count). The third-order valence-electron chi connectivity index (χ3n) is 8.25. The van der Waals surface area contributed by atoms with Crippen molar-refractivity contribution >= 4 is 12.2 Å². The Labute approximate surface area is 205 Å². The summed E-state index contributed by atoms with van der Waals surface area (Å²) in [7, 11) is 0. The van der Waals surface area contributed by atoms with Crippen LogP contribution in [0.3, 0.4) is 0 Å². The van der Waals surface area contributed by atoms with Crippen LogP contribution in [0.25, 0.3) is 12.2 Å². The van der Waals surface area contributed by atoms with Crippen molar-refractivity contribution in [2.45, 2.75) is 68.9 Å². The normalized spacial score (nSPS) is 21.8. The number of hydrogen-bond donors (Lipinski definition) is 0. The molecule has 0 radical (unpaired) electrons. The van der Waals surface area contributed by atoms with E-state index >= 15 is 0 Å². The molecule has 2 aromatic rings. The second kappa shape index (κ2) is 9.71. The first-order valence-corrected chi connectivity index (χ1v) is 17.9. The fourth-order valence-corrected chi connectivity index (χ4v) is 22.9. The van der Waals surface area contributed by atoms with E-state index in [0.717, 1.165) is 7.25 Å². The quantitative estimate of drug-likeness (QED) is 0.557. The smallest absolute Gasteiger partial charge is 1.00 e. The van der Waals surface area contributed by atoms with Crippen LogP contribution in [0, 0.1) is 27.7 Å². The molecule has 1 aliphatic heterocycles. The summed E-state index contributed by atoms with van der Waals surface area (Å²) in [6.45, 7) is 9.34. The van der Waals surface area contributed by atoms with Gasteiger partial charge in [0.05, 0.1) is 0 Å². The summed E-state index contributed by atoms with van der Waals surface area (Å²) in [5.41, 5.74) is 12.5. The Bertz CT molecular complexity index is 950. The molecule has 0 aromatic heterocycles. The number of hydrogen-bond acceptors (Lipinski definition) is 0. The van der Waals surface area contributed by atoms with Crippen molar-refractivity contribution in [1.29, 1.82) is 0 Å². The van der Waals surface area contributed by atoms with E-state index in [4.69, 9.17) is 0 Å². The molecule has 3 heteroatoms. The first-order valence-electron chi connectivity index (χ1n) is 11.6. The van der Waals surface area contributed by atoms with Gasteiger partial charge in [0, 0.05) is 0 Å². The average molecular weight is 533 g/mol. The van der Waals surface area contributed by atoms with Crippen LogP contribution in [0.5, 0.6) is 0 Å². The van der Waals surface area contributed by atoms with Gasteiger partial charge in [-0.1, -0.05) is 0 Å². The van der Waals surface area contributed by atoms with Gasteiger partial charge < -0.3 is 24.8 Å². The van der Waals surface area contributed by atoms with Crippen molar-refractivity contribution in [2.75, 3.05) is 0 Å². The Balaban J connectivity index is 0.00000136. The van der Waals surface area contributed by atoms with Crippen LogP contribution in [0.4, 0.5) is 0 Å². The second-order valence-electron chi connectivity index (χ2n) is 9.87. The molecule has 0 saturated carbocycles. The van der Waals surface area contributed by atoms with E-state index in [2.05, 4.69) is 76.3 Å². The largest absolute Gasteiger partial charge is 1.00 e. The number of allylic oxidation sites excluding steroid dienone is 2. The summed E-state index contributed by atoms with van der Waals surface area (Å²) in [6, 6.07) is 9.43. The van der Waals surface area contributed by atoms with Gasteiger partial charge in [0.15, 0.2) is 0 Å². The summed E-state index contributed by atoms with van der Waals surface area (Å²) in [4.78, 5) is 0. The van der Waals surface area contributed by atoms with E-state index in [1.54, 1.807) is 30.5 Å². The Morgan fingerprint density at radius 3 is 1.39 bits per heavy atom.